The van der Waals surface area contributed by atoms with Crippen molar-refractivity contribution in [2.75, 3.05) is 0 Å². The van der Waals surface area contributed by atoms with Gasteiger partial charge in [0, 0.05) is 5.56 Å². The molecule has 1 N–H and O–H groups in total. The molecule has 0 bridgehead atoms. The zero-order valence-electron chi connectivity index (χ0n) is 7.55. The molecule has 1 rings (SSSR count). The molecule has 0 unspecified atom stereocenters. The van der Waals surface area contributed by atoms with Crippen LogP contribution in [-0.2, 0) is 4.58 Å². The van der Waals surface area contributed by atoms with Crippen LogP contribution < -0.4 is 0 Å². The first-order chi connectivity index (χ1) is 7.16. The van der Waals surface area contributed by atoms with E-state index in [9.17, 15) is 13.6 Å². The minimum absolute atomic E-state index is 0.0272. The number of aromatic carboxylic acids is 1. The van der Waals surface area contributed by atoms with Gasteiger partial charge in [-0.2, -0.15) is 0 Å². The van der Waals surface area contributed by atoms with E-state index < -0.39 is 14.6 Å². The molecule has 2 nitrogen and oxygen atoms in total. The van der Waals surface area contributed by atoms with Crippen molar-refractivity contribution in [1.29, 1.82) is 0 Å². The van der Waals surface area contributed by atoms with Crippen LogP contribution in [0.2, 0.25) is 0 Å². The highest BCUT2D eigenvalue weighted by atomic mass is 79.9. The minimum Gasteiger partial charge on any atom is -0.478 e. The normalized spacial score (nSPS) is 18.6. The first-order valence-electron chi connectivity index (χ1n) is 3.94. The van der Waals surface area contributed by atoms with Gasteiger partial charge in [0.1, 0.15) is 0 Å². The van der Waals surface area contributed by atoms with Crippen molar-refractivity contribution < 1.29 is 18.7 Å². The Bertz CT molecular complexity index is 401. The van der Waals surface area contributed by atoms with Crippen LogP contribution in [0, 0.1) is 0 Å². The molecular weight excluding hydrogens is 373 g/mol. The van der Waals surface area contributed by atoms with Gasteiger partial charge in [0.05, 0.1) is 5.56 Å². The second-order valence-electron chi connectivity index (χ2n) is 2.95. The molecule has 0 spiro atoms. The molecule has 0 aliphatic rings. The highest BCUT2D eigenvalue weighted by Gasteiger charge is 2.50. The van der Waals surface area contributed by atoms with Gasteiger partial charge in [-0.05, 0) is 44.0 Å². The highest BCUT2D eigenvalue weighted by molar-refractivity contribution is 9.13. The molecule has 88 valence electrons. The monoisotopic (exact) mass is 376 g/mol. The van der Waals surface area contributed by atoms with E-state index in [1.807, 2.05) is 0 Å². The summed E-state index contributed by atoms with van der Waals surface area (Å²) < 4.78 is 21.7. The maximum atomic E-state index is 13.9. The van der Waals surface area contributed by atoms with Gasteiger partial charge in [0.15, 0.2) is 0 Å². The van der Waals surface area contributed by atoms with Crippen molar-refractivity contribution in [3.8, 4) is 0 Å². The van der Waals surface area contributed by atoms with Crippen LogP contribution in [0.3, 0.4) is 0 Å². The Balaban J connectivity index is 3.11. The molecular formula is C9H5Br2ClF2O2. The molecule has 0 radical (unpaired) electrons. The second kappa shape index (κ2) is 4.58. The number of rotatable bonds is 3. The molecule has 0 fully saturated rings. The number of hydrogen-bond donors (Lipinski definition) is 1. The Morgan fingerprint density at radius 2 is 1.69 bits per heavy atom. The molecule has 0 aromatic heterocycles. The number of benzene rings is 1. The molecule has 7 heteroatoms. The Morgan fingerprint density at radius 3 is 2.00 bits per heavy atom. The van der Waals surface area contributed by atoms with E-state index in [2.05, 4.69) is 31.9 Å². The quantitative estimate of drug-likeness (QED) is 0.802. The van der Waals surface area contributed by atoms with Crippen LogP contribution in [0.4, 0.5) is 8.78 Å². The zero-order chi connectivity index (χ0) is 12.6. The van der Waals surface area contributed by atoms with Gasteiger partial charge in [0.25, 0.3) is 4.04 Å². The van der Waals surface area contributed by atoms with E-state index >= 15 is 0 Å². The molecule has 2 atom stereocenters. The van der Waals surface area contributed by atoms with E-state index in [0.717, 1.165) is 24.3 Å². The summed E-state index contributed by atoms with van der Waals surface area (Å²) in [6, 6.07) is 4.58. The third kappa shape index (κ3) is 2.73. The number of carboxylic acid groups (broad SMARTS) is 1. The Kier molecular flexibility index (Phi) is 3.97. The summed E-state index contributed by atoms with van der Waals surface area (Å²) in [4.78, 5) is 10.5. The highest BCUT2D eigenvalue weighted by Crippen LogP contribution is 2.51. The minimum atomic E-state index is -2.83. The SMILES string of the molecule is O=C(O)c1ccc([C@@](F)(Br)[C@@](F)(Cl)Br)cc1. The average molecular weight is 378 g/mol. The standard InChI is InChI=1S/C9H5Br2ClF2O2/c10-8(13,9(11,12)14)6-3-1-5(2-4-6)7(15)16/h1-4H,(H,15,16)/t8-,9-/m0/s1. The molecule has 1 aromatic rings. The third-order valence-corrected chi connectivity index (χ3v) is 4.42. The lowest BCUT2D eigenvalue weighted by atomic mass is 10.1. The molecule has 0 amide bonds. The van der Waals surface area contributed by atoms with Crippen molar-refractivity contribution in [3.63, 3.8) is 0 Å². The molecule has 0 aliphatic heterocycles. The Labute approximate surface area is 112 Å². The maximum absolute atomic E-state index is 13.9. The summed E-state index contributed by atoms with van der Waals surface area (Å²) in [5, 5.41) is 8.62. The first-order valence-corrected chi connectivity index (χ1v) is 5.91. The lowest BCUT2D eigenvalue weighted by Crippen LogP contribution is -2.29. The predicted octanol–water partition coefficient (Wildman–Crippen LogP) is 4.16. The molecule has 1 aromatic carbocycles. The van der Waals surface area contributed by atoms with Crippen molar-refractivity contribution in [3.05, 3.63) is 35.4 Å². The van der Waals surface area contributed by atoms with Crippen LogP contribution in [0.15, 0.2) is 24.3 Å². The van der Waals surface area contributed by atoms with E-state index in [-0.39, 0.29) is 11.1 Å². The van der Waals surface area contributed by atoms with Crippen LogP contribution in [0.1, 0.15) is 15.9 Å². The number of hydrogen-bond acceptors (Lipinski definition) is 1. The Morgan fingerprint density at radius 1 is 1.25 bits per heavy atom. The van der Waals surface area contributed by atoms with Crippen LogP contribution >= 0.6 is 43.5 Å². The lowest BCUT2D eigenvalue weighted by Gasteiger charge is -2.25. The fourth-order valence-electron chi connectivity index (χ4n) is 0.986. The van der Waals surface area contributed by atoms with E-state index in [1.165, 1.54) is 0 Å². The first kappa shape index (κ1) is 13.9. The summed E-state index contributed by atoms with van der Waals surface area (Å²) in [5.41, 5.74) is -0.160. The van der Waals surface area contributed by atoms with Gasteiger partial charge in [-0.25, -0.2) is 13.6 Å². The van der Waals surface area contributed by atoms with Gasteiger partial charge >= 0.3 is 5.97 Å². The van der Waals surface area contributed by atoms with Crippen molar-refractivity contribution >= 4 is 49.4 Å². The second-order valence-corrected chi connectivity index (χ2v) is 6.12. The Hall–Kier alpha value is -0.200. The number of carboxylic acids is 1. The van der Waals surface area contributed by atoms with E-state index in [0.29, 0.717) is 0 Å². The molecule has 16 heavy (non-hydrogen) atoms. The predicted molar refractivity (Wildman–Crippen MR) is 63.7 cm³/mol. The maximum Gasteiger partial charge on any atom is 0.335 e. The summed E-state index contributed by atoms with van der Waals surface area (Å²) in [5.74, 6) is -1.15. The summed E-state index contributed by atoms with van der Waals surface area (Å²) in [6.45, 7) is 0. The van der Waals surface area contributed by atoms with Crippen molar-refractivity contribution in [1.82, 2.24) is 0 Å². The molecule has 0 saturated carbocycles. The van der Waals surface area contributed by atoms with Gasteiger partial charge in [-0.1, -0.05) is 23.7 Å². The van der Waals surface area contributed by atoms with Crippen LogP contribution in [0.5, 0.6) is 0 Å². The molecule has 0 heterocycles. The number of carbonyl (C=O) groups is 1. The largest absolute Gasteiger partial charge is 0.478 e. The smallest absolute Gasteiger partial charge is 0.335 e. The van der Waals surface area contributed by atoms with Gasteiger partial charge < -0.3 is 5.11 Å². The average Bonchev–Trinajstić information content (AvgIpc) is 2.16. The molecule has 0 aliphatic carbocycles. The summed E-state index contributed by atoms with van der Waals surface area (Å²) in [6.07, 6.45) is 0. The van der Waals surface area contributed by atoms with Crippen LogP contribution in [0.25, 0.3) is 0 Å². The topological polar surface area (TPSA) is 37.3 Å². The molecule has 0 saturated heterocycles. The zero-order valence-corrected chi connectivity index (χ0v) is 11.5. The number of halogens is 5. The fraction of sp³-hybridized carbons (Fsp3) is 0.222. The third-order valence-electron chi connectivity index (χ3n) is 1.85. The van der Waals surface area contributed by atoms with Crippen molar-refractivity contribution in [2.24, 2.45) is 0 Å². The summed E-state index contributed by atoms with van der Waals surface area (Å²) in [7, 11) is 0. The van der Waals surface area contributed by atoms with E-state index in [1.54, 1.807) is 0 Å². The summed E-state index contributed by atoms with van der Waals surface area (Å²) >= 11 is 10.0. The van der Waals surface area contributed by atoms with Crippen LogP contribution in [-0.4, -0.2) is 15.1 Å². The van der Waals surface area contributed by atoms with Gasteiger partial charge in [-0.3, -0.25) is 0 Å². The van der Waals surface area contributed by atoms with Gasteiger partial charge in [-0.15, -0.1) is 0 Å². The lowest BCUT2D eigenvalue weighted by molar-refractivity contribution is 0.0696. The van der Waals surface area contributed by atoms with Crippen molar-refractivity contribution in [2.45, 2.75) is 8.62 Å². The number of alkyl halides is 5. The fourth-order valence-corrected chi connectivity index (χ4v) is 1.59. The van der Waals surface area contributed by atoms with E-state index in [4.69, 9.17) is 16.7 Å². The van der Waals surface area contributed by atoms with Gasteiger partial charge in [0.2, 0.25) is 4.58 Å².